The second-order valence-corrected chi connectivity index (χ2v) is 9.34. The minimum Gasteiger partial charge on any atom is -0.323 e. The molecule has 1 unspecified atom stereocenters. The Morgan fingerprint density at radius 3 is 2.30 bits per heavy atom. The van der Waals surface area contributed by atoms with Crippen molar-refractivity contribution < 1.29 is 13.2 Å². The van der Waals surface area contributed by atoms with Crippen LogP contribution in [0.5, 0.6) is 0 Å². The number of rotatable bonds is 8. The fraction of sp³-hybridized carbons (Fsp3) is 0.350. The minimum absolute atomic E-state index is 0.371. The van der Waals surface area contributed by atoms with Crippen LogP contribution in [0.3, 0.4) is 0 Å². The van der Waals surface area contributed by atoms with E-state index in [9.17, 15) is 13.2 Å². The molecule has 146 valence electrons. The molecule has 0 aliphatic rings. The van der Waals surface area contributed by atoms with Crippen LogP contribution in [-0.4, -0.2) is 32.4 Å². The molecular weight excluding hydrogens is 380 g/mol. The molecule has 0 saturated heterocycles. The molecule has 7 heteroatoms. The highest BCUT2D eigenvalue weighted by Gasteiger charge is 2.29. The van der Waals surface area contributed by atoms with E-state index in [0.29, 0.717) is 11.4 Å². The monoisotopic (exact) mass is 406 g/mol. The van der Waals surface area contributed by atoms with Crippen molar-refractivity contribution in [1.29, 1.82) is 0 Å². The molecule has 0 radical (unpaired) electrons. The summed E-state index contributed by atoms with van der Waals surface area (Å²) in [5.41, 5.74) is 2.28. The third-order valence-electron chi connectivity index (χ3n) is 4.13. The van der Waals surface area contributed by atoms with Crippen molar-refractivity contribution in [2.24, 2.45) is 0 Å². The first kappa shape index (κ1) is 21.3. The van der Waals surface area contributed by atoms with Crippen molar-refractivity contribution in [1.82, 2.24) is 0 Å². The quantitative estimate of drug-likeness (QED) is 0.669. The van der Waals surface area contributed by atoms with Crippen molar-refractivity contribution in [3.8, 4) is 0 Å². The Bertz CT molecular complexity index is 880. The summed E-state index contributed by atoms with van der Waals surface area (Å²) < 4.78 is 26.0. The van der Waals surface area contributed by atoms with Gasteiger partial charge in [0.15, 0.2) is 0 Å². The Hall–Kier alpha value is -1.99. The molecule has 0 spiro atoms. The molecule has 1 atom stereocenters. The molecule has 2 aromatic carbocycles. The number of benzene rings is 2. The standard InChI is InChI=1S/C20H26N2O3S2/c1-5-16-11-13-17(14-12-16)22(27(4,24)25)15(3)20(23)21-18-9-7-8-10-19(18)26-6-2/h7-15H,5-6H2,1-4H3,(H,21,23). The van der Waals surface area contributed by atoms with Crippen LogP contribution in [0.25, 0.3) is 0 Å². The van der Waals surface area contributed by atoms with Gasteiger partial charge in [-0.2, -0.15) is 0 Å². The van der Waals surface area contributed by atoms with Gasteiger partial charge in [0.2, 0.25) is 15.9 Å². The van der Waals surface area contributed by atoms with Crippen molar-refractivity contribution >= 4 is 39.1 Å². The maximum atomic E-state index is 12.8. The molecule has 0 aromatic heterocycles. The molecular formula is C20H26N2O3S2. The molecule has 1 amide bonds. The van der Waals surface area contributed by atoms with Crippen molar-refractivity contribution in [2.45, 2.75) is 38.1 Å². The summed E-state index contributed by atoms with van der Waals surface area (Å²) in [6.45, 7) is 5.67. The van der Waals surface area contributed by atoms with Crippen LogP contribution in [-0.2, 0) is 21.2 Å². The molecule has 0 saturated carbocycles. The fourth-order valence-electron chi connectivity index (χ4n) is 2.78. The first-order valence-electron chi connectivity index (χ1n) is 8.89. The molecule has 2 aromatic rings. The Morgan fingerprint density at radius 1 is 1.11 bits per heavy atom. The molecule has 27 heavy (non-hydrogen) atoms. The van der Waals surface area contributed by atoms with E-state index in [-0.39, 0.29) is 5.91 Å². The van der Waals surface area contributed by atoms with E-state index in [1.807, 2.05) is 50.2 Å². The van der Waals surface area contributed by atoms with Gasteiger partial charge in [-0.25, -0.2) is 8.42 Å². The van der Waals surface area contributed by atoms with Gasteiger partial charge in [-0.05, 0) is 48.9 Å². The normalized spacial score (nSPS) is 12.4. The first-order chi connectivity index (χ1) is 12.8. The number of carbonyl (C=O) groups is 1. The van der Waals surface area contributed by atoms with Gasteiger partial charge in [-0.15, -0.1) is 11.8 Å². The van der Waals surface area contributed by atoms with Crippen LogP contribution >= 0.6 is 11.8 Å². The number of carbonyl (C=O) groups excluding carboxylic acids is 1. The zero-order valence-electron chi connectivity index (χ0n) is 16.1. The van der Waals surface area contributed by atoms with Crippen LogP contribution < -0.4 is 9.62 Å². The SMILES string of the molecule is CCSc1ccccc1NC(=O)C(C)N(c1ccc(CC)cc1)S(C)(=O)=O. The van der Waals surface area contributed by atoms with Crippen molar-refractivity contribution in [3.63, 3.8) is 0 Å². The predicted molar refractivity (Wildman–Crippen MR) is 114 cm³/mol. The summed E-state index contributed by atoms with van der Waals surface area (Å²) in [4.78, 5) is 13.8. The van der Waals surface area contributed by atoms with Crippen molar-refractivity contribution in [3.05, 3.63) is 54.1 Å². The van der Waals surface area contributed by atoms with E-state index in [0.717, 1.165) is 33.2 Å². The average Bonchev–Trinajstić information content (AvgIpc) is 2.63. The molecule has 2 rings (SSSR count). The number of sulfonamides is 1. The van der Waals surface area contributed by atoms with Gasteiger partial charge in [0.05, 0.1) is 17.6 Å². The number of nitrogens with zero attached hydrogens (tertiary/aromatic N) is 1. The second-order valence-electron chi connectivity index (χ2n) is 6.17. The molecule has 1 N–H and O–H groups in total. The Labute approximate surface area is 166 Å². The zero-order chi connectivity index (χ0) is 20.0. The molecule has 0 heterocycles. The van der Waals surface area contributed by atoms with E-state index in [1.54, 1.807) is 30.8 Å². The van der Waals surface area contributed by atoms with E-state index in [2.05, 4.69) is 5.32 Å². The van der Waals surface area contributed by atoms with Gasteiger partial charge in [0, 0.05) is 4.90 Å². The van der Waals surface area contributed by atoms with Crippen LogP contribution in [0.15, 0.2) is 53.4 Å². The van der Waals surface area contributed by atoms with Crippen LogP contribution in [0.1, 0.15) is 26.3 Å². The van der Waals surface area contributed by atoms with E-state index in [1.165, 1.54) is 0 Å². The molecule has 0 bridgehead atoms. The maximum Gasteiger partial charge on any atom is 0.248 e. The molecule has 0 fully saturated rings. The topological polar surface area (TPSA) is 66.5 Å². The number of anilines is 2. The van der Waals surface area contributed by atoms with Crippen LogP contribution in [0.2, 0.25) is 0 Å². The Kier molecular flexibility index (Phi) is 7.33. The molecule has 0 aliphatic carbocycles. The van der Waals surface area contributed by atoms with Gasteiger partial charge < -0.3 is 5.32 Å². The van der Waals surface area contributed by atoms with Gasteiger partial charge in [-0.3, -0.25) is 9.10 Å². The van der Waals surface area contributed by atoms with Gasteiger partial charge in [-0.1, -0.05) is 38.1 Å². The van der Waals surface area contributed by atoms with Crippen LogP contribution in [0, 0.1) is 0 Å². The molecule has 5 nitrogen and oxygen atoms in total. The predicted octanol–water partition coefficient (Wildman–Crippen LogP) is 4.15. The summed E-state index contributed by atoms with van der Waals surface area (Å²) in [5, 5.41) is 2.87. The number of aryl methyl sites for hydroxylation is 1. The third-order valence-corrected chi connectivity index (χ3v) is 6.33. The van der Waals surface area contributed by atoms with Crippen LogP contribution in [0.4, 0.5) is 11.4 Å². The maximum absolute atomic E-state index is 12.8. The zero-order valence-corrected chi connectivity index (χ0v) is 17.7. The lowest BCUT2D eigenvalue weighted by atomic mass is 10.1. The fourth-order valence-corrected chi connectivity index (χ4v) is 4.71. The summed E-state index contributed by atoms with van der Waals surface area (Å²) in [7, 11) is -3.63. The Morgan fingerprint density at radius 2 is 1.74 bits per heavy atom. The summed E-state index contributed by atoms with van der Waals surface area (Å²) in [5.74, 6) is 0.506. The average molecular weight is 407 g/mol. The highest BCUT2D eigenvalue weighted by atomic mass is 32.2. The smallest absolute Gasteiger partial charge is 0.248 e. The number of para-hydroxylation sites is 1. The third kappa shape index (κ3) is 5.49. The van der Waals surface area contributed by atoms with E-state index >= 15 is 0 Å². The lowest BCUT2D eigenvalue weighted by Gasteiger charge is -2.28. The molecule has 0 aliphatic heterocycles. The number of hydrogen-bond acceptors (Lipinski definition) is 4. The second kappa shape index (κ2) is 9.28. The first-order valence-corrected chi connectivity index (χ1v) is 11.7. The minimum atomic E-state index is -3.63. The number of nitrogens with one attached hydrogen (secondary N) is 1. The summed E-state index contributed by atoms with van der Waals surface area (Å²) in [6, 6.07) is 13.9. The van der Waals surface area contributed by atoms with Crippen molar-refractivity contribution in [2.75, 3.05) is 21.6 Å². The number of thioether (sulfide) groups is 1. The van der Waals surface area contributed by atoms with Gasteiger partial charge >= 0.3 is 0 Å². The lowest BCUT2D eigenvalue weighted by Crippen LogP contribution is -2.45. The summed E-state index contributed by atoms with van der Waals surface area (Å²) in [6.07, 6.45) is 1.98. The lowest BCUT2D eigenvalue weighted by molar-refractivity contribution is -0.116. The number of amides is 1. The van der Waals surface area contributed by atoms with Gasteiger partial charge in [0.1, 0.15) is 6.04 Å². The largest absolute Gasteiger partial charge is 0.323 e. The van der Waals surface area contributed by atoms with E-state index in [4.69, 9.17) is 0 Å². The Balaban J connectivity index is 2.30. The van der Waals surface area contributed by atoms with Gasteiger partial charge in [0.25, 0.3) is 0 Å². The highest BCUT2D eigenvalue weighted by Crippen LogP contribution is 2.28. The summed E-state index contributed by atoms with van der Waals surface area (Å²) >= 11 is 1.62. The van der Waals surface area contributed by atoms with E-state index < -0.39 is 16.1 Å². The number of hydrogen-bond donors (Lipinski definition) is 1. The highest BCUT2D eigenvalue weighted by molar-refractivity contribution is 7.99.